The van der Waals surface area contributed by atoms with Gasteiger partial charge in [0.25, 0.3) is 0 Å². The second-order valence-electron chi connectivity index (χ2n) is 4.61. The van der Waals surface area contributed by atoms with E-state index in [1.165, 1.54) is 0 Å². The zero-order chi connectivity index (χ0) is 14.7. The average molecular weight is 286 g/mol. The van der Waals surface area contributed by atoms with E-state index in [2.05, 4.69) is 0 Å². The molecule has 2 aromatic rings. The van der Waals surface area contributed by atoms with Gasteiger partial charge < -0.3 is 19.3 Å². The van der Waals surface area contributed by atoms with Crippen molar-refractivity contribution in [1.82, 2.24) is 0 Å². The molecule has 1 aliphatic rings. The van der Waals surface area contributed by atoms with Gasteiger partial charge in [-0.3, -0.25) is 0 Å². The standard InChI is InChI=1S/C16H14O5/c17-15(12-4-2-1-3-5-12)16(18)19-9-11-6-7-13-14(8-11)21-10-20-13/h1-8,15,17H,9-10H2. The van der Waals surface area contributed by atoms with Gasteiger partial charge in [0, 0.05) is 0 Å². The van der Waals surface area contributed by atoms with E-state index in [9.17, 15) is 9.90 Å². The molecule has 1 unspecified atom stereocenters. The zero-order valence-electron chi connectivity index (χ0n) is 11.2. The maximum Gasteiger partial charge on any atom is 0.339 e. The summed E-state index contributed by atoms with van der Waals surface area (Å²) < 4.78 is 15.6. The van der Waals surface area contributed by atoms with Crippen molar-refractivity contribution in [1.29, 1.82) is 0 Å². The minimum atomic E-state index is -1.28. The molecule has 0 spiro atoms. The fourth-order valence-electron chi connectivity index (χ4n) is 2.04. The first-order valence-electron chi connectivity index (χ1n) is 6.52. The third-order valence-electron chi connectivity index (χ3n) is 3.16. The Bertz CT molecular complexity index is 638. The molecule has 0 saturated heterocycles. The normalized spacial score (nSPS) is 13.8. The van der Waals surface area contributed by atoms with Crippen molar-refractivity contribution in [3.8, 4) is 11.5 Å². The smallest absolute Gasteiger partial charge is 0.339 e. The van der Waals surface area contributed by atoms with Crippen LogP contribution in [0.1, 0.15) is 17.2 Å². The molecule has 0 radical (unpaired) electrons. The van der Waals surface area contributed by atoms with Gasteiger partial charge >= 0.3 is 5.97 Å². The third-order valence-corrected chi connectivity index (χ3v) is 3.16. The summed E-state index contributed by atoms with van der Waals surface area (Å²) in [5.41, 5.74) is 1.28. The highest BCUT2D eigenvalue weighted by Gasteiger charge is 2.19. The van der Waals surface area contributed by atoms with Crippen molar-refractivity contribution in [2.75, 3.05) is 6.79 Å². The number of aliphatic hydroxyl groups is 1. The number of carbonyl (C=O) groups excluding carboxylic acids is 1. The molecule has 0 aromatic heterocycles. The topological polar surface area (TPSA) is 65.0 Å². The van der Waals surface area contributed by atoms with Crippen LogP contribution in [0.4, 0.5) is 0 Å². The van der Waals surface area contributed by atoms with Crippen molar-refractivity contribution in [3.63, 3.8) is 0 Å². The lowest BCUT2D eigenvalue weighted by atomic mass is 10.1. The van der Waals surface area contributed by atoms with E-state index in [0.29, 0.717) is 17.1 Å². The van der Waals surface area contributed by atoms with E-state index in [1.54, 1.807) is 42.5 Å². The second-order valence-corrected chi connectivity index (χ2v) is 4.61. The van der Waals surface area contributed by atoms with Crippen molar-refractivity contribution in [2.45, 2.75) is 12.7 Å². The molecule has 1 atom stereocenters. The lowest BCUT2D eigenvalue weighted by Gasteiger charge is -2.11. The van der Waals surface area contributed by atoms with Crippen LogP contribution in [0, 0.1) is 0 Å². The van der Waals surface area contributed by atoms with Gasteiger partial charge in [-0.2, -0.15) is 0 Å². The molecule has 0 aliphatic carbocycles. The van der Waals surface area contributed by atoms with Gasteiger partial charge in [0.2, 0.25) is 6.79 Å². The summed E-state index contributed by atoms with van der Waals surface area (Å²) in [4.78, 5) is 11.8. The van der Waals surface area contributed by atoms with Gasteiger partial charge in [-0.25, -0.2) is 4.79 Å². The monoisotopic (exact) mass is 286 g/mol. The third kappa shape index (κ3) is 2.98. The number of hydrogen-bond donors (Lipinski definition) is 1. The summed E-state index contributed by atoms with van der Waals surface area (Å²) in [6.07, 6.45) is -1.28. The Morgan fingerprint density at radius 2 is 1.90 bits per heavy atom. The molecule has 1 heterocycles. The van der Waals surface area contributed by atoms with Gasteiger partial charge in [-0.05, 0) is 23.3 Å². The van der Waals surface area contributed by atoms with Crippen LogP contribution in [0.25, 0.3) is 0 Å². The predicted octanol–water partition coefficient (Wildman–Crippen LogP) is 2.19. The van der Waals surface area contributed by atoms with Crippen molar-refractivity contribution >= 4 is 5.97 Å². The molecule has 5 heteroatoms. The second kappa shape index (κ2) is 5.85. The summed E-state index contributed by atoms with van der Waals surface area (Å²) in [6.45, 7) is 0.269. The molecule has 2 aromatic carbocycles. The molecule has 21 heavy (non-hydrogen) atoms. The van der Waals surface area contributed by atoms with Gasteiger partial charge in [-0.1, -0.05) is 36.4 Å². The highest BCUT2D eigenvalue weighted by Crippen LogP contribution is 2.32. The van der Waals surface area contributed by atoms with Crippen molar-refractivity contribution in [2.24, 2.45) is 0 Å². The molecule has 3 rings (SSSR count). The van der Waals surface area contributed by atoms with E-state index in [1.807, 2.05) is 6.07 Å². The van der Waals surface area contributed by atoms with Crippen LogP contribution < -0.4 is 9.47 Å². The Labute approximate surface area is 121 Å². The average Bonchev–Trinajstić information content (AvgIpc) is 3.00. The van der Waals surface area contributed by atoms with Gasteiger partial charge in [0.15, 0.2) is 17.6 Å². The first kappa shape index (κ1) is 13.5. The Hall–Kier alpha value is -2.53. The van der Waals surface area contributed by atoms with E-state index >= 15 is 0 Å². The number of aliphatic hydroxyl groups excluding tert-OH is 1. The maximum absolute atomic E-state index is 11.8. The minimum absolute atomic E-state index is 0.0688. The van der Waals surface area contributed by atoms with Crippen LogP contribution in [-0.2, 0) is 16.1 Å². The van der Waals surface area contributed by atoms with Crippen molar-refractivity contribution in [3.05, 3.63) is 59.7 Å². The summed E-state index contributed by atoms with van der Waals surface area (Å²) in [6, 6.07) is 14.0. The van der Waals surface area contributed by atoms with E-state index in [4.69, 9.17) is 14.2 Å². The SMILES string of the molecule is O=C(OCc1ccc2c(c1)OCO2)C(O)c1ccccc1. The Balaban J connectivity index is 1.61. The fourth-order valence-corrected chi connectivity index (χ4v) is 2.04. The molecule has 108 valence electrons. The highest BCUT2D eigenvalue weighted by atomic mass is 16.7. The number of ether oxygens (including phenoxy) is 3. The van der Waals surface area contributed by atoms with E-state index in [0.717, 1.165) is 5.56 Å². The van der Waals surface area contributed by atoms with E-state index < -0.39 is 12.1 Å². The van der Waals surface area contributed by atoms with Gasteiger partial charge in [0.1, 0.15) is 6.61 Å². The van der Waals surface area contributed by atoms with Gasteiger partial charge in [-0.15, -0.1) is 0 Å². The molecule has 5 nitrogen and oxygen atoms in total. The van der Waals surface area contributed by atoms with Crippen LogP contribution >= 0.6 is 0 Å². The summed E-state index contributed by atoms with van der Waals surface area (Å²) >= 11 is 0. The number of rotatable bonds is 4. The molecule has 0 saturated carbocycles. The number of esters is 1. The van der Waals surface area contributed by atoms with Crippen LogP contribution in [0.15, 0.2) is 48.5 Å². The van der Waals surface area contributed by atoms with Crippen LogP contribution in [0.2, 0.25) is 0 Å². The Kier molecular flexibility index (Phi) is 3.75. The lowest BCUT2D eigenvalue weighted by Crippen LogP contribution is -2.15. The summed E-state index contributed by atoms with van der Waals surface area (Å²) in [5.74, 6) is 0.625. The zero-order valence-corrected chi connectivity index (χ0v) is 11.2. The maximum atomic E-state index is 11.8. The number of carbonyl (C=O) groups is 1. The lowest BCUT2D eigenvalue weighted by molar-refractivity contribution is -0.155. The van der Waals surface area contributed by atoms with Crippen molar-refractivity contribution < 1.29 is 24.1 Å². The summed E-state index contributed by atoms with van der Waals surface area (Å²) in [7, 11) is 0. The molecular weight excluding hydrogens is 272 g/mol. The molecule has 0 amide bonds. The molecule has 1 aliphatic heterocycles. The largest absolute Gasteiger partial charge is 0.459 e. The minimum Gasteiger partial charge on any atom is -0.459 e. The van der Waals surface area contributed by atoms with Crippen LogP contribution in [0.3, 0.4) is 0 Å². The first-order chi connectivity index (χ1) is 10.2. The first-order valence-corrected chi connectivity index (χ1v) is 6.52. The van der Waals surface area contributed by atoms with E-state index in [-0.39, 0.29) is 13.4 Å². The molecule has 0 fully saturated rings. The fraction of sp³-hybridized carbons (Fsp3) is 0.188. The van der Waals surface area contributed by atoms with Crippen LogP contribution in [-0.4, -0.2) is 17.9 Å². The number of fused-ring (bicyclic) bond motifs is 1. The van der Waals surface area contributed by atoms with Gasteiger partial charge in [0.05, 0.1) is 0 Å². The number of benzene rings is 2. The number of hydrogen-bond acceptors (Lipinski definition) is 5. The predicted molar refractivity (Wildman–Crippen MR) is 73.8 cm³/mol. The van der Waals surface area contributed by atoms with Crippen LogP contribution in [0.5, 0.6) is 11.5 Å². The summed E-state index contributed by atoms with van der Waals surface area (Å²) in [5, 5.41) is 9.90. The Morgan fingerprint density at radius 1 is 1.14 bits per heavy atom. The Morgan fingerprint density at radius 3 is 2.71 bits per heavy atom. The molecule has 0 bridgehead atoms. The molecular formula is C16H14O5. The molecule has 1 N–H and O–H groups in total. The quantitative estimate of drug-likeness (QED) is 0.873. The highest BCUT2D eigenvalue weighted by molar-refractivity contribution is 5.76.